The average molecular weight is 420 g/mol. The van der Waals surface area contributed by atoms with Crippen molar-refractivity contribution in [2.45, 2.75) is 26.2 Å². The molecule has 7 nitrogen and oxygen atoms in total. The number of hydrogen-bond donors (Lipinski definition) is 0. The highest BCUT2D eigenvalue weighted by Gasteiger charge is 2.25. The quantitative estimate of drug-likeness (QED) is 0.501. The van der Waals surface area contributed by atoms with Gasteiger partial charge in [-0.15, -0.1) is 0 Å². The number of benzene rings is 2. The normalized spacial score (nSPS) is 17.2. The van der Waals surface area contributed by atoms with Crippen LogP contribution < -0.4 is 14.4 Å². The van der Waals surface area contributed by atoms with Crippen LogP contribution in [0.4, 0.5) is 5.69 Å². The Balaban J connectivity index is 1.54. The molecule has 1 fully saturated rings. The SMILES string of the molecule is CCCOc1ccc(/C=C2/N=C(c3ccc(N4CCCC4=O)cc3)OC2=O)cc1OC. The average Bonchev–Trinajstić information content (AvgIpc) is 3.38. The molecule has 0 atom stereocenters. The number of rotatable bonds is 7. The molecule has 160 valence electrons. The summed E-state index contributed by atoms with van der Waals surface area (Å²) in [5.74, 6) is 1.10. The molecule has 4 rings (SSSR count). The minimum absolute atomic E-state index is 0.129. The molecule has 0 saturated carbocycles. The van der Waals surface area contributed by atoms with E-state index < -0.39 is 5.97 Å². The molecule has 0 aliphatic carbocycles. The Hall–Kier alpha value is -3.61. The second-order valence-electron chi connectivity index (χ2n) is 7.29. The van der Waals surface area contributed by atoms with Gasteiger partial charge in [0.05, 0.1) is 13.7 Å². The Bertz CT molecular complexity index is 1060. The zero-order valence-electron chi connectivity index (χ0n) is 17.6. The molecule has 0 radical (unpaired) electrons. The summed E-state index contributed by atoms with van der Waals surface area (Å²) in [4.78, 5) is 30.4. The van der Waals surface area contributed by atoms with Crippen molar-refractivity contribution in [2.24, 2.45) is 4.99 Å². The number of cyclic esters (lactones) is 1. The van der Waals surface area contributed by atoms with Crippen LogP contribution >= 0.6 is 0 Å². The van der Waals surface area contributed by atoms with E-state index in [0.717, 1.165) is 30.6 Å². The minimum atomic E-state index is -0.515. The van der Waals surface area contributed by atoms with Crippen LogP contribution in [0.5, 0.6) is 11.5 Å². The number of anilines is 1. The Labute approximate surface area is 180 Å². The van der Waals surface area contributed by atoms with Crippen LogP contribution in [-0.2, 0) is 14.3 Å². The molecule has 0 unspecified atom stereocenters. The fourth-order valence-electron chi connectivity index (χ4n) is 3.50. The molecule has 2 aliphatic heterocycles. The first-order valence-electron chi connectivity index (χ1n) is 10.3. The van der Waals surface area contributed by atoms with Crippen molar-refractivity contribution in [2.75, 3.05) is 25.2 Å². The molecule has 7 heteroatoms. The van der Waals surface area contributed by atoms with E-state index in [0.29, 0.717) is 30.1 Å². The monoisotopic (exact) mass is 420 g/mol. The third-order valence-electron chi connectivity index (χ3n) is 5.07. The molecule has 0 spiro atoms. The van der Waals surface area contributed by atoms with Gasteiger partial charge in [0.15, 0.2) is 17.2 Å². The zero-order valence-corrected chi connectivity index (χ0v) is 17.6. The van der Waals surface area contributed by atoms with E-state index in [4.69, 9.17) is 14.2 Å². The Morgan fingerprint density at radius 3 is 2.61 bits per heavy atom. The van der Waals surface area contributed by atoms with Gasteiger partial charge in [-0.25, -0.2) is 9.79 Å². The molecule has 1 amide bonds. The molecular weight excluding hydrogens is 396 g/mol. The van der Waals surface area contributed by atoms with Gasteiger partial charge in [0, 0.05) is 24.2 Å². The number of amides is 1. The van der Waals surface area contributed by atoms with Crippen LogP contribution in [0.15, 0.2) is 53.2 Å². The lowest BCUT2D eigenvalue weighted by molar-refractivity contribution is -0.130. The highest BCUT2D eigenvalue weighted by atomic mass is 16.6. The van der Waals surface area contributed by atoms with E-state index in [1.807, 2.05) is 31.2 Å². The van der Waals surface area contributed by atoms with E-state index in [1.165, 1.54) is 0 Å². The lowest BCUT2D eigenvalue weighted by Gasteiger charge is -2.15. The van der Waals surface area contributed by atoms with E-state index in [1.54, 1.807) is 36.3 Å². The molecule has 0 bridgehead atoms. The summed E-state index contributed by atoms with van der Waals surface area (Å²) in [7, 11) is 1.57. The van der Waals surface area contributed by atoms with Crippen LogP contribution in [0.25, 0.3) is 6.08 Å². The van der Waals surface area contributed by atoms with Gasteiger partial charge in [-0.3, -0.25) is 4.79 Å². The zero-order chi connectivity index (χ0) is 21.8. The van der Waals surface area contributed by atoms with Gasteiger partial charge in [0.2, 0.25) is 11.8 Å². The first kappa shape index (κ1) is 20.7. The first-order chi connectivity index (χ1) is 15.1. The van der Waals surface area contributed by atoms with Gasteiger partial charge in [-0.05, 0) is 60.9 Å². The summed E-state index contributed by atoms with van der Waals surface area (Å²) in [6.07, 6.45) is 4.00. The topological polar surface area (TPSA) is 77.4 Å². The number of nitrogens with zero attached hydrogens (tertiary/aromatic N) is 2. The predicted molar refractivity (Wildman–Crippen MR) is 117 cm³/mol. The van der Waals surface area contributed by atoms with Crippen molar-refractivity contribution in [3.63, 3.8) is 0 Å². The third kappa shape index (κ3) is 4.45. The highest BCUT2D eigenvalue weighted by Crippen LogP contribution is 2.30. The fourth-order valence-corrected chi connectivity index (χ4v) is 3.50. The lowest BCUT2D eigenvalue weighted by atomic mass is 10.1. The molecule has 2 aliphatic rings. The standard InChI is InChI=1S/C24H24N2O5/c1-3-13-30-20-11-6-16(15-21(20)29-2)14-19-24(28)31-23(25-19)17-7-9-18(10-8-17)26-12-4-5-22(26)27/h6-11,14-15H,3-5,12-13H2,1-2H3/b19-14+. The van der Waals surface area contributed by atoms with Crippen molar-refractivity contribution in [3.8, 4) is 11.5 Å². The van der Waals surface area contributed by atoms with Crippen molar-refractivity contribution in [1.29, 1.82) is 0 Å². The van der Waals surface area contributed by atoms with E-state index in [9.17, 15) is 9.59 Å². The number of aliphatic imine (C=N–C) groups is 1. The van der Waals surface area contributed by atoms with Crippen LogP contribution in [0.2, 0.25) is 0 Å². The maximum Gasteiger partial charge on any atom is 0.363 e. The fraction of sp³-hybridized carbons (Fsp3) is 0.292. The van der Waals surface area contributed by atoms with Gasteiger partial charge in [-0.1, -0.05) is 13.0 Å². The third-order valence-corrected chi connectivity index (χ3v) is 5.07. The van der Waals surface area contributed by atoms with E-state index in [2.05, 4.69) is 4.99 Å². The van der Waals surface area contributed by atoms with Crippen molar-refractivity contribution < 1.29 is 23.8 Å². The van der Waals surface area contributed by atoms with Crippen molar-refractivity contribution >= 4 is 29.5 Å². The number of carbonyl (C=O) groups is 2. The summed E-state index contributed by atoms with van der Waals surface area (Å²) in [6.45, 7) is 3.36. The molecule has 1 saturated heterocycles. The number of methoxy groups -OCH3 is 1. The van der Waals surface area contributed by atoms with Gasteiger partial charge >= 0.3 is 5.97 Å². The number of hydrogen-bond acceptors (Lipinski definition) is 6. The summed E-state index contributed by atoms with van der Waals surface area (Å²) < 4.78 is 16.4. The second kappa shape index (κ2) is 9.04. The van der Waals surface area contributed by atoms with Gasteiger partial charge < -0.3 is 19.1 Å². The van der Waals surface area contributed by atoms with Crippen LogP contribution in [-0.4, -0.2) is 38.0 Å². The lowest BCUT2D eigenvalue weighted by Crippen LogP contribution is -2.23. The smallest absolute Gasteiger partial charge is 0.363 e. The Morgan fingerprint density at radius 1 is 1.13 bits per heavy atom. The molecule has 2 aromatic rings. The summed E-state index contributed by atoms with van der Waals surface area (Å²) in [5, 5.41) is 0. The van der Waals surface area contributed by atoms with Gasteiger partial charge in [-0.2, -0.15) is 0 Å². The first-order valence-corrected chi connectivity index (χ1v) is 10.3. The van der Waals surface area contributed by atoms with Crippen LogP contribution in [0.3, 0.4) is 0 Å². The molecule has 2 aromatic carbocycles. The Kier molecular flexibility index (Phi) is 6.02. The van der Waals surface area contributed by atoms with E-state index >= 15 is 0 Å². The van der Waals surface area contributed by atoms with E-state index in [-0.39, 0.29) is 17.5 Å². The second-order valence-corrected chi connectivity index (χ2v) is 7.29. The van der Waals surface area contributed by atoms with Crippen LogP contribution in [0.1, 0.15) is 37.3 Å². The maximum absolute atomic E-state index is 12.3. The predicted octanol–water partition coefficient (Wildman–Crippen LogP) is 3.96. The molecule has 0 N–H and O–H groups in total. The van der Waals surface area contributed by atoms with Gasteiger partial charge in [0.1, 0.15) is 0 Å². The molecule has 2 heterocycles. The maximum atomic E-state index is 12.3. The molecule has 31 heavy (non-hydrogen) atoms. The van der Waals surface area contributed by atoms with Gasteiger partial charge in [0.25, 0.3) is 0 Å². The highest BCUT2D eigenvalue weighted by molar-refractivity contribution is 6.13. The minimum Gasteiger partial charge on any atom is -0.493 e. The molecule has 0 aromatic heterocycles. The van der Waals surface area contributed by atoms with Crippen molar-refractivity contribution in [1.82, 2.24) is 0 Å². The number of esters is 1. The van der Waals surface area contributed by atoms with Crippen LogP contribution in [0, 0.1) is 0 Å². The summed E-state index contributed by atoms with van der Waals surface area (Å²) >= 11 is 0. The summed E-state index contributed by atoms with van der Waals surface area (Å²) in [6, 6.07) is 12.7. The van der Waals surface area contributed by atoms with Crippen molar-refractivity contribution in [3.05, 3.63) is 59.3 Å². The number of ether oxygens (including phenoxy) is 3. The summed E-state index contributed by atoms with van der Waals surface area (Å²) in [5.41, 5.74) is 2.47. The Morgan fingerprint density at radius 2 is 1.94 bits per heavy atom. The largest absolute Gasteiger partial charge is 0.493 e. The molecular formula is C24H24N2O5. The number of carbonyl (C=O) groups excluding carboxylic acids is 2.